The maximum absolute atomic E-state index is 12.0. The number of nitrogens with one attached hydrogen (secondary N) is 1. The summed E-state index contributed by atoms with van der Waals surface area (Å²) in [5.41, 5.74) is 1.22. The highest BCUT2D eigenvalue weighted by atomic mass is 35.5. The number of amides is 1. The van der Waals surface area contributed by atoms with E-state index in [1.165, 1.54) is 12.0 Å². The van der Waals surface area contributed by atoms with Crippen LogP contribution in [-0.2, 0) is 4.79 Å². The second kappa shape index (κ2) is 9.70. The number of nitrogens with zero attached hydrogens (tertiary/aromatic N) is 1. The van der Waals surface area contributed by atoms with Crippen LogP contribution in [0.2, 0.25) is 0 Å². The van der Waals surface area contributed by atoms with Gasteiger partial charge in [0, 0.05) is 13.5 Å². The van der Waals surface area contributed by atoms with Crippen molar-refractivity contribution in [1.29, 1.82) is 0 Å². The van der Waals surface area contributed by atoms with E-state index in [1.807, 2.05) is 31.3 Å². The summed E-state index contributed by atoms with van der Waals surface area (Å²) in [6, 6.07) is 7.98. The van der Waals surface area contributed by atoms with Crippen LogP contribution in [0.15, 0.2) is 24.3 Å². The van der Waals surface area contributed by atoms with Crippen molar-refractivity contribution in [2.45, 2.75) is 26.2 Å². The molecule has 0 saturated carbocycles. The summed E-state index contributed by atoms with van der Waals surface area (Å²) in [4.78, 5) is 13.8. The standard InChI is InChI=1S/C17H26N2O2.ClH/c1-14-3-6-16(7-4-14)21-12-11-19(2)17(20)8-5-15-9-10-18-13-15;/h3-4,6-7,15,18H,5,8-13H2,1-2H3;1H. The number of halogens is 1. The Morgan fingerprint density at radius 1 is 1.36 bits per heavy atom. The fraction of sp³-hybridized carbons (Fsp3) is 0.588. The molecule has 0 radical (unpaired) electrons. The average molecular weight is 327 g/mol. The molecule has 1 aromatic rings. The zero-order valence-electron chi connectivity index (χ0n) is 13.5. The Morgan fingerprint density at radius 2 is 2.09 bits per heavy atom. The van der Waals surface area contributed by atoms with Crippen LogP contribution in [0.25, 0.3) is 0 Å². The first-order valence-electron chi connectivity index (χ1n) is 7.79. The van der Waals surface area contributed by atoms with E-state index in [1.54, 1.807) is 4.90 Å². The van der Waals surface area contributed by atoms with Crippen molar-refractivity contribution in [3.63, 3.8) is 0 Å². The van der Waals surface area contributed by atoms with Gasteiger partial charge in [-0.3, -0.25) is 4.79 Å². The summed E-state index contributed by atoms with van der Waals surface area (Å²) < 4.78 is 5.66. The number of likely N-dealkylation sites (N-methyl/N-ethyl adjacent to an activating group) is 1. The molecular formula is C17H27ClN2O2. The Hall–Kier alpha value is -1.26. The molecule has 124 valence electrons. The van der Waals surface area contributed by atoms with Gasteiger partial charge in [0.15, 0.2) is 0 Å². The molecule has 1 saturated heterocycles. The summed E-state index contributed by atoms with van der Waals surface area (Å²) >= 11 is 0. The minimum absolute atomic E-state index is 0. The molecule has 1 N–H and O–H groups in total. The lowest BCUT2D eigenvalue weighted by Gasteiger charge is -2.18. The molecule has 0 aliphatic carbocycles. The SMILES string of the molecule is Cc1ccc(OCCN(C)C(=O)CCC2CCNC2)cc1.Cl. The third kappa shape index (κ3) is 6.24. The largest absolute Gasteiger partial charge is 0.492 e. The third-order valence-corrected chi connectivity index (χ3v) is 4.07. The third-order valence-electron chi connectivity index (χ3n) is 4.07. The summed E-state index contributed by atoms with van der Waals surface area (Å²) in [5, 5.41) is 3.34. The predicted octanol–water partition coefficient (Wildman–Crippen LogP) is 2.64. The first-order chi connectivity index (χ1) is 10.1. The van der Waals surface area contributed by atoms with Crippen LogP contribution < -0.4 is 10.1 Å². The Morgan fingerprint density at radius 3 is 2.73 bits per heavy atom. The lowest BCUT2D eigenvalue weighted by molar-refractivity contribution is -0.130. The van der Waals surface area contributed by atoms with Crippen LogP contribution in [0, 0.1) is 12.8 Å². The Bertz CT molecular complexity index is 444. The summed E-state index contributed by atoms with van der Waals surface area (Å²) in [6.07, 6.45) is 2.84. The number of rotatable bonds is 7. The molecular weight excluding hydrogens is 300 g/mol. The number of aryl methyl sites for hydroxylation is 1. The molecule has 1 heterocycles. The average Bonchev–Trinajstić information content (AvgIpc) is 3.00. The van der Waals surface area contributed by atoms with E-state index in [4.69, 9.17) is 4.74 Å². The van der Waals surface area contributed by atoms with Crippen molar-refractivity contribution in [3.8, 4) is 5.75 Å². The summed E-state index contributed by atoms with van der Waals surface area (Å²) in [5.74, 6) is 1.75. The van der Waals surface area contributed by atoms with Gasteiger partial charge in [0.2, 0.25) is 5.91 Å². The van der Waals surface area contributed by atoms with Gasteiger partial charge < -0.3 is 15.0 Å². The van der Waals surface area contributed by atoms with Gasteiger partial charge in [-0.05, 0) is 50.9 Å². The van der Waals surface area contributed by atoms with Crippen LogP contribution in [-0.4, -0.2) is 44.1 Å². The van der Waals surface area contributed by atoms with E-state index in [0.717, 1.165) is 25.3 Å². The van der Waals surface area contributed by atoms with E-state index in [-0.39, 0.29) is 18.3 Å². The van der Waals surface area contributed by atoms with Gasteiger partial charge in [-0.15, -0.1) is 12.4 Å². The van der Waals surface area contributed by atoms with Gasteiger partial charge in [-0.2, -0.15) is 0 Å². The molecule has 4 nitrogen and oxygen atoms in total. The predicted molar refractivity (Wildman–Crippen MR) is 91.8 cm³/mol. The number of ether oxygens (including phenoxy) is 1. The summed E-state index contributed by atoms with van der Waals surface area (Å²) in [6.45, 7) is 5.38. The van der Waals surface area contributed by atoms with Crippen LogP contribution in [0.1, 0.15) is 24.8 Å². The van der Waals surface area contributed by atoms with Crippen LogP contribution in [0.5, 0.6) is 5.75 Å². The van der Waals surface area contributed by atoms with Gasteiger partial charge in [-0.1, -0.05) is 17.7 Å². The second-order valence-corrected chi connectivity index (χ2v) is 5.87. The molecule has 1 amide bonds. The van der Waals surface area contributed by atoms with Gasteiger partial charge in [-0.25, -0.2) is 0 Å². The van der Waals surface area contributed by atoms with E-state index in [9.17, 15) is 4.79 Å². The van der Waals surface area contributed by atoms with E-state index < -0.39 is 0 Å². The highest BCUT2D eigenvalue weighted by Crippen LogP contribution is 2.15. The van der Waals surface area contributed by atoms with Gasteiger partial charge in [0.1, 0.15) is 12.4 Å². The zero-order valence-corrected chi connectivity index (χ0v) is 14.3. The topological polar surface area (TPSA) is 41.6 Å². The van der Waals surface area contributed by atoms with Gasteiger partial charge >= 0.3 is 0 Å². The molecule has 0 spiro atoms. The van der Waals surface area contributed by atoms with Crippen molar-refractivity contribution in [2.75, 3.05) is 33.3 Å². The lowest BCUT2D eigenvalue weighted by atomic mass is 10.0. The number of benzene rings is 1. The quantitative estimate of drug-likeness (QED) is 0.837. The van der Waals surface area contributed by atoms with Crippen LogP contribution >= 0.6 is 12.4 Å². The highest BCUT2D eigenvalue weighted by Gasteiger charge is 2.17. The molecule has 2 rings (SSSR count). The van der Waals surface area contributed by atoms with E-state index in [0.29, 0.717) is 25.5 Å². The second-order valence-electron chi connectivity index (χ2n) is 5.87. The molecule has 1 aromatic carbocycles. The van der Waals surface area contributed by atoms with Crippen molar-refractivity contribution in [2.24, 2.45) is 5.92 Å². The van der Waals surface area contributed by atoms with E-state index >= 15 is 0 Å². The van der Waals surface area contributed by atoms with Gasteiger partial charge in [0.25, 0.3) is 0 Å². The van der Waals surface area contributed by atoms with Crippen molar-refractivity contribution in [3.05, 3.63) is 29.8 Å². The number of carbonyl (C=O) groups is 1. The molecule has 22 heavy (non-hydrogen) atoms. The molecule has 1 aliphatic heterocycles. The number of carbonyl (C=O) groups excluding carboxylic acids is 1. The fourth-order valence-corrected chi connectivity index (χ4v) is 2.54. The molecule has 1 fully saturated rings. The molecule has 1 unspecified atom stereocenters. The maximum Gasteiger partial charge on any atom is 0.222 e. The fourth-order valence-electron chi connectivity index (χ4n) is 2.54. The lowest BCUT2D eigenvalue weighted by Crippen LogP contribution is -2.31. The van der Waals surface area contributed by atoms with Crippen molar-refractivity contribution < 1.29 is 9.53 Å². The first-order valence-corrected chi connectivity index (χ1v) is 7.79. The smallest absolute Gasteiger partial charge is 0.222 e. The monoisotopic (exact) mass is 326 g/mol. The molecule has 5 heteroatoms. The number of hydrogen-bond acceptors (Lipinski definition) is 3. The Balaban J connectivity index is 0.00000242. The number of hydrogen-bond donors (Lipinski definition) is 1. The molecule has 1 aliphatic rings. The highest BCUT2D eigenvalue weighted by molar-refractivity contribution is 5.85. The minimum atomic E-state index is 0. The minimum Gasteiger partial charge on any atom is -0.492 e. The zero-order chi connectivity index (χ0) is 15.1. The Labute approximate surface area is 139 Å². The van der Waals surface area contributed by atoms with Crippen LogP contribution in [0.4, 0.5) is 0 Å². The summed E-state index contributed by atoms with van der Waals surface area (Å²) in [7, 11) is 1.85. The molecule has 0 aromatic heterocycles. The van der Waals surface area contributed by atoms with E-state index in [2.05, 4.69) is 12.2 Å². The Kier molecular flexibility index (Phi) is 8.28. The van der Waals surface area contributed by atoms with Crippen LogP contribution in [0.3, 0.4) is 0 Å². The van der Waals surface area contributed by atoms with Gasteiger partial charge in [0.05, 0.1) is 6.54 Å². The maximum atomic E-state index is 12.0. The molecule has 0 bridgehead atoms. The first kappa shape index (κ1) is 18.8. The van der Waals surface area contributed by atoms with Crippen molar-refractivity contribution >= 4 is 18.3 Å². The van der Waals surface area contributed by atoms with Crippen molar-refractivity contribution in [1.82, 2.24) is 10.2 Å². The normalized spacial score (nSPS) is 16.9. The molecule has 1 atom stereocenters.